The van der Waals surface area contributed by atoms with Gasteiger partial charge in [0.05, 0.1) is 22.7 Å². The molecular weight excluding hydrogens is 308 g/mol. The second-order valence-corrected chi connectivity index (χ2v) is 5.74. The van der Waals surface area contributed by atoms with Crippen LogP contribution in [-0.2, 0) is 0 Å². The van der Waals surface area contributed by atoms with Crippen LogP contribution in [0, 0.1) is 0 Å². The summed E-state index contributed by atoms with van der Waals surface area (Å²) in [5, 5.41) is 4.87. The van der Waals surface area contributed by atoms with Crippen LogP contribution in [-0.4, -0.2) is 17.5 Å². The van der Waals surface area contributed by atoms with Crippen LogP contribution in [0.5, 0.6) is 5.75 Å². The zero-order chi connectivity index (χ0) is 16.1. The van der Waals surface area contributed by atoms with Crippen LogP contribution in [0.15, 0.2) is 60.1 Å². The third-order valence-corrected chi connectivity index (χ3v) is 4.11. The van der Waals surface area contributed by atoms with Gasteiger partial charge in [-0.05, 0) is 54.8 Å². The Labute approximate surface area is 138 Å². The van der Waals surface area contributed by atoms with Gasteiger partial charge >= 0.3 is 0 Å². The quantitative estimate of drug-likeness (QED) is 0.754. The van der Waals surface area contributed by atoms with Gasteiger partial charge in [0.25, 0.3) is 5.91 Å². The van der Waals surface area contributed by atoms with Crippen molar-refractivity contribution in [1.29, 1.82) is 0 Å². The van der Waals surface area contributed by atoms with E-state index in [0.717, 1.165) is 16.3 Å². The number of aromatic nitrogens is 1. The maximum atomic E-state index is 12.6. The van der Waals surface area contributed by atoms with Gasteiger partial charge in [0.1, 0.15) is 5.75 Å². The largest absolute Gasteiger partial charge is 0.494 e. The molecule has 3 rings (SSSR count). The highest BCUT2D eigenvalue weighted by atomic mass is 32.1. The molecule has 5 heteroatoms. The van der Waals surface area contributed by atoms with E-state index in [2.05, 4.69) is 10.3 Å². The summed E-state index contributed by atoms with van der Waals surface area (Å²) >= 11 is 1.56. The third-order valence-electron chi connectivity index (χ3n) is 3.23. The monoisotopic (exact) mass is 324 g/mol. The number of benzene rings is 1. The van der Waals surface area contributed by atoms with Gasteiger partial charge in [0, 0.05) is 11.9 Å². The molecule has 4 nitrogen and oxygen atoms in total. The molecule has 0 saturated carbocycles. The van der Waals surface area contributed by atoms with E-state index in [1.54, 1.807) is 29.7 Å². The van der Waals surface area contributed by atoms with E-state index in [1.165, 1.54) is 0 Å². The Bertz CT molecular complexity index is 783. The molecule has 0 unspecified atom stereocenters. The molecule has 0 spiro atoms. The highest BCUT2D eigenvalue weighted by molar-refractivity contribution is 7.13. The Morgan fingerprint density at radius 2 is 2.00 bits per heavy atom. The second kappa shape index (κ2) is 7.07. The summed E-state index contributed by atoms with van der Waals surface area (Å²) in [6, 6.07) is 14.8. The summed E-state index contributed by atoms with van der Waals surface area (Å²) in [6.07, 6.45) is 1.70. The molecule has 0 aliphatic rings. The number of hydrogen-bond acceptors (Lipinski definition) is 4. The van der Waals surface area contributed by atoms with Crippen LogP contribution in [0.3, 0.4) is 0 Å². The number of rotatable bonds is 5. The van der Waals surface area contributed by atoms with Crippen molar-refractivity contribution in [3.05, 3.63) is 65.7 Å². The van der Waals surface area contributed by atoms with E-state index >= 15 is 0 Å². The average Bonchev–Trinajstić information content (AvgIpc) is 3.11. The Hall–Kier alpha value is -2.66. The number of carbonyl (C=O) groups excluding carboxylic acids is 1. The summed E-state index contributed by atoms with van der Waals surface area (Å²) < 4.78 is 5.40. The lowest BCUT2D eigenvalue weighted by molar-refractivity contribution is 0.102. The van der Waals surface area contributed by atoms with Gasteiger partial charge in [-0.3, -0.25) is 9.78 Å². The fraction of sp³-hybridized carbons (Fsp3) is 0.111. The summed E-state index contributed by atoms with van der Waals surface area (Å²) in [7, 11) is 0. The first kappa shape index (κ1) is 15.2. The number of anilines is 1. The standard InChI is InChI=1S/C18H16N2O2S/c1-2-22-14-9-7-13(8-10-14)20-18(21)15-5-3-11-19-17(15)16-6-4-12-23-16/h3-12H,2H2,1H3,(H,20,21). The zero-order valence-electron chi connectivity index (χ0n) is 12.7. The minimum atomic E-state index is -0.175. The molecular formula is C18H16N2O2S. The van der Waals surface area contributed by atoms with E-state index in [0.29, 0.717) is 17.9 Å². The van der Waals surface area contributed by atoms with Gasteiger partial charge in [-0.1, -0.05) is 6.07 Å². The van der Waals surface area contributed by atoms with Crippen molar-refractivity contribution in [2.24, 2.45) is 0 Å². The number of carbonyl (C=O) groups is 1. The molecule has 116 valence electrons. The topological polar surface area (TPSA) is 51.2 Å². The lowest BCUT2D eigenvalue weighted by atomic mass is 10.1. The summed E-state index contributed by atoms with van der Waals surface area (Å²) in [5.74, 6) is 0.608. The Morgan fingerprint density at radius 1 is 1.17 bits per heavy atom. The van der Waals surface area contributed by atoms with Crippen molar-refractivity contribution in [3.63, 3.8) is 0 Å². The molecule has 2 aromatic heterocycles. The van der Waals surface area contributed by atoms with Crippen molar-refractivity contribution < 1.29 is 9.53 Å². The molecule has 1 aromatic carbocycles. The predicted octanol–water partition coefficient (Wildman–Crippen LogP) is 4.46. The van der Waals surface area contributed by atoms with E-state index in [-0.39, 0.29) is 5.91 Å². The number of nitrogens with zero attached hydrogens (tertiary/aromatic N) is 1. The van der Waals surface area contributed by atoms with Gasteiger partial charge in [-0.25, -0.2) is 0 Å². The van der Waals surface area contributed by atoms with E-state index in [9.17, 15) is 4.79 Å². The normalized spacial score (nSPS) is 10.3. The van der Waals surface area contributed by atoms with E-state index in [4.69, 9.17) is 4.74 Å². The molecule has 0 radical (unpaired) electrons. The van der Waals surface area contributed by atoms with Gasteiger partial charge in [-0.15, -0.1) is 11.3 Å². The number of pyridine rings is 1. The second-order valence-electron chi connectivity index (χ2n) is 4.79. The van der Waals surface area contributed by atoms with Crippen molar-refractivity contribution in [1.82, 2.24) is 4.98 Å². The summed E-state index contributed by atoms with van der Waals surface area (Å²) in [6.45, 7) is 2.55. The smallest absolute Gasteiger partial charge is 0.257 e. The molecule has 0 aliphatic heterocycles. The highest BCUT2D eigenvalue weighted by Gasteiger charge is 2.14. The highest BCUT2D eigenvalue weighted by Crippen LogP contribution is 2.26. The molecule has 0 fully saturated rings. The van der Waals surface area contributed by atoms with Crippen LogP contribution >= 0.6 is 11.3 Å². The maximum absolute atomic E-state index is 12.6. The molecule has 1 amide bonds. The van der Waals surface area contributed by atoms with Gasteiger partial charge in [0.15, 0.2) is 0 Å². The number of ether oxygens (including phenoxy) is 1. The van der Waals surface area contributed by atoms with Crippen molar-refractivity contribution >= 4 is 22.9 Å². The first-order chi connectivity index (χ1) is 11.3. The third kappa shape index (κ3) is 3.57. The summed E-state index contributed by atoms with van der Waals surface area (Å²) in [5.41, 5.74) is 1.98. The van der Waals surface area contributed by atoms with Crippen molar-refractivity contribution in [3.8, 4) is 16.3 Å². The average molecular weight is 324 g/mol. The first-order valence-corrected chi connectivity index (χ1v) is 8.19. The minimum Gasteiger partial charge on any atom is -0.494 e. The predicted molar refractivity (Wildman–Crippen MR) is 93.1 cm³/mol. The maximum Gasteiger partial charge on any atom is 0.257 e. The molecule has 1 N–H and O–H groups in total. The zero-order valence-corrected chi connectivity index (χ0v) is 13.5. The van der Waals surface area contributed by atoms with E-state index < -0.39 is 0 Å². The molecule has 3 aromatic rings. The van der Waals surface area contributed by atoms with Crippen LogP contribution in [0.4, 0.5) is 5.69 Å². The van der Waals surface area contributed by atoms with Gasteiger partial charge < -0.3 is 10.1 Å². The number of nitrogens with one attached hydrogen (secondary N) is 1. The van der Waals surface area contributed by atoms with Crippen molar-refractivity contribution in [2.75, 3.05) is 11.9 Å². The Morgan fingerprint density at radius 3 is 2.70 bits per heavy atom. The molecule has 23 heavy (non-hydrogen) atoms. The molecule has 0 saturated heterocycles. The number of thiophene rings is 1. The van der Waals surface area contributed by atoms with Crippen LogP contribution < -0.4 is 10.1 Å². The minimum absolute atomic E-state index is 0.175. The van der Waals surface area contributed by atoms with E-state index in [1.807, 2.05) is 48.7 Å². The molecule has 0 bridgehead atoms. The first-order valence-electron chi connectivity index (χ1n) is 7.31. The molecule has 2 heterocycles. The number of hydrogen-bond donors (Lipinski definition) is 1. The fourth-order valence-corrected chi connectivity index (χ4v) is 2.93. The summed E-state index contributed by atoms with van der Waals surface area (Å²) in [4.78, 5) is 17.9. The SMILES string of the molecule is CCOc1ccc(NC(=O)c2cccnc2-c2cccs2)cc1. The van der Waals surface area contributed by atoms with Gasteiger partial charge in [-0.2, -0.15) is 0 Å². The van der Waals surface area contributed by atoms with Gasteiger partial charge in [0.2, 0.25) is 0 Å². The molecule has 0 aliphatic carbocycles. The van der Waals surface area contributed by atoms with Crippen LogP contribution in [0.25, 0.3) is 10.6 Å². The lowest BCUT2D eigenvalue weighted by Crippen LogP contribution is -2.13. The van der Waals surface area contributed by atoms with Crippen LogP contribution in [0.2, 0.25) is 0 Å². The lowest BCUT2D eigenvalue weighted by Gasteiger charge is -2.09. The Balaban J connectivity index is 1.81. The van der Waals surface area contributed by atoms with Crippen molar-refractivity contribution in [2.45, 2.75) is 6.92 Å². The Kier molecular flexibility index (Phi) is 4.68. The fourth-order valence-electron chi connectivity index (χ4n) is 2.20. The van der Waals surface area contributed by atoms with Crippen LogP contribution in [0.1, 0.15) is 17.3 Å². The molecule has 0 atom stereocenters. The number of amides is 1.